The summed E-state index contributed by atoms with van der Waals surface area (Å²) in [5.41, 5.74) is 0.159. The SMILES string of the molecule is Cc1cc(Oc2c([N+](=O)[O-])ccc(F)c2F)ccc1Br. The molecule has 0 radical (unpaired) electrons. The topological polar surface area (TPSA) is 52.4 Å². The Morgan fingerprint density at radius 3 is 2.55 bits per heavy atom. The van der Waals surface area contributed by atoms with E-state index in [2.05, 4.69) is 15.9 Å². The molecule has 0 amide bonds. The van der Waals surface area contributed by atoms with E-state index in [-0.39, 0.29) is 5.75 Å². The standard InChI is InChI=1S/C13H8BrF2NO3/c1-7-6-8(2-3-9(7)14)20-13-11(17(18)19)5-4-10(15)12(13)16/h2-6H,1H3. The monoisotopic (exact) mass is 343 g/mol. The van der Waals surface area contributed by atoms with E-state index in [1.54, 1.807) is 19.1 Å². The normalized spacial score (nSPS) is 10.4. The van der Waals surface area contributed by atoms with Gasteiger partial charge in [-0.1, -0.05) is 15.9 Å². The number of hydrogen-bond donors (Lipinski definition) is 0. The average Bonchev–Trinajstić information content (AvgIpc) is 2.39. The van der Waals surface area contributed by atoms with Gasteiger partial charge in [-0.25, -0.2) is 4.39 Å². The van der Waals surface area contributed by atoms with Crippen LogP contribution >= 0.6 is 15.9 Å². The van der Waals surface area contributed by atoms with E-state index in [1.165, 1.54) is 6.07 Å². The highest BCUT2D eigenvalue weighted by Crippen LogP contribution is 2.36. The number of nitro benzene ring substituents is 1. The van der Waals surface area contributed by atoms with Crippen molar-refractivity contribution in [2.75, 3.05) is 0 Å². The lowest BCUT2D eigenvalue weighted by Gasteiger charge is -2.09. The van der Waals surface area contributed by atoms with Crippen LogP contribution in [0.25, 0.3) is 0 Å². The van der Waals surface area contributed by atoms with Gasteiger partial charge in [0.1, 0.15) is 5.75 Å². The van der Waals surface area contributed by atoms with Crippen molar-refractivity contribution >= 4 is 21.6 Å². The van der Waals surface area contributed by atoms with Gasteiger partial charge in [0.25, 0.3) is 0 Å². The molecule has 2 rings (SSSR count). The van der Waals surface area contributed by atoms with Crippen LogP contribution in [0.4, 0.5) is 14.5 Å². The summed E-state index contributed by atoms with van der Waals surface area (Å²) in [6, 6.07) is 6.24. The minimum atomic E-state index is -1.39. The van der Waals surface area contributed by atoms with Crippen molar-refractivity contribution in [1.29, 1.82) is 0 Å². The van der Waals surface area contributed by atoms with Gasteiger partial charge in [0.2, 0.25) is 11.6 Å². The predicted molar refractivity (Wildman–Crippen MR) is 72.0 cm³/mol. The quantitative estimate of drug-likeness (QED) is 0.597. The van der Waals surface area contributed by atoms with Gasteiger partial charge in [-0.3, -0.25) is 10.1 Å². The number of halogens is 3. The van der Waals surface area contributed by atoms with E-state index < -0.39 is 28.0 Å². The van der Waals surface area contributed by atoms with Crippen LogP contribution < -0.4 is 4.74 Å². The number of nitrogens with zero attached hydrogens (tertiary/aromatic N) is 1. The molecule has 7 heteroatoms. The van der Waals surface area contributed by atoms with Gasteiger partial charge in [0.05, 0.1) is 4.92 Å². The van der Waals surface area contributed by atoms with Gasteiger partial charge < -0.3 is 4.74 Å². The summed E-state index contributed by atoms with van der Waals surface area (Å²) in [4.78, 5) is 10.00. The Labute approximate surface area is 121 Å². The summed E-state index contributed by atoms with van der Waals surface area (Å²) in [6.07, 6.45) is 0. The summed E-state index contributed by atoms with van der Waals surface area (Å²) in [6.45, 7) is 1.77. The van der Waals surface area contributed by atoms with Crippen LogP contribution in [0.2, 0.25) is 0 Å². The predicted octanol–water partition coefficient (Wildman–Crippen LogP) is 4.74. The molecule has 0 aromatic heterocycles. The molecule has 0 spiro atoms. The first kappa shape index (κ1) is 14.4. The molecule has 2 aromatic carbocycles. The van der Waals surface area contributed by atoms with E-state index in [9.17, 15) is 18.9 Å². The maximum Gasteiger partial charge on any atom is 0.314 e. The Hall–Kier alpha value is -2.02. The molecule has 20 heavy (non-hydrogen) atoms. The van der Waals surface area contributed by atoms with Crippen molar-refractivity contribution in [1.82, 2.24) is 0 Å². The fraction of sp³-hybridized carbons (Fsp3) is 0.0769. The van der Waals surface area contributed by atoms with Crippen molar-refractivity contribution in [2.45, 2.75) is 6.92 Å². The van der Waals surface area contributed by atoms with Gasteiger partial charge >= 0.3 is 5.69 Å². The van der Waals surface area contributed by atoms with Crippen molar-refractivity contribution in [3.05, 3.63) is 62.1 Å². The molecule has 0 N–H and O–H groups in total. The zero-order valence-corrected chi connectivity index (χ0v) is 11.8. The van der Waals surface area contributed by atoms with Crippen molar-refractivity contribution in [2.24, 2.45) is 0 Å². The van der Waals surface area contributed by atoms with Gasteiger partial charge in [-0.15, -0.1) is 0 Å². The van der Waals surface area contributed by atoms with E-state index in [4.69, 9.17) is 4.74 Å². The lowest BCUT2D eigenvalue weighted by Crippen LogP contribution is -1.98. The molecule has 4 nitrogen and oxygen atoms in total. The molecule has 0 saturated heterocycles. The van der Waals surface area contributed by atoms with Crippen LogP contribution in [0.1, 0.15) is 5.56 Å². The Balaban J connectivity index is 2.49. The first-order chi connectivity index (χ1) is 9.40. The molecule has 0 atom stereocenters. The minimum Gasteiger partial charge on any atom is -0.447 e. The number of ether oxygens (including phenoxy) is 1. The summed E-state index contributed by atoms with van der Waals surface area (Å²) < 4.78 is 32.8. The van der Waals surface area contributed by atoms with Crippen molar-refractivity contribution in [3.8, 4) is 11.5 Å². The second-order valence-corrected chi connectivity index (χ2v) is 4.83. The first-order valence-electron chi connectivity index (χ1n) is 5.46. The largest absolute Gasteiger partial charge is 0.447 e. The molecule has 0 fully saturated rings. The molecule has 0 saturated carbocycles. The maximum atomic E-state index is 13.7. The number of aryl methyl sites for hydroxylation is 1. The minimum absolute atomic E-state index is 0.179. The van der Waals surface area contributed by atoms with Crippen LogP contribution in [-0.4, -0.2) is 4.92 Å². The van der Waals surface area contributed by atoms with Crippen molar-refractivity contribution < 1.29 is 18.4 Å². The number of rotatable bonds is 3. The van der Waals surface area contributed by atoms with E-state index >= 15 is 0 Å². The van der Waals surface area contributed by atoms with Crippen LogP contribution in [0.5, 0.6) is 11.5 Å². The van der Waals surface area contributed by atoms with E-state index in [1.807, 2.05) is 0 Å². The van der Waals surface area contributed by atoms with E-state index in [0.717, 1.165) is 16.1 Å². The highest BCUT2D eigenvalue weighted by atomic mass is 79.9. The summed E-state index contributed by atoms with van der Waals surface area (Å²) in [5, 5.41) is 10.8. The van der Waals surface area contributed by atoms with Crippen LogP contribution in [-0.2, 0) is 0 Å². The Kier molecular flexibility index (Phi) is 3.99. The molecule has 0 aliphatic rings. The fourth-order valence-electron chi connectivity index (χ4n) is 1.56. The first-order valence-corrected chi connectivity index (χ1v) is 6.26. The van der Waals surface area contributed by atoms with Crippen molar-refractivity contribution in [3.63, 3.8) is 0 Å². The summed E-state index contributed by atoms with van der Waals surface area (Å²) in [5.74, 6) is -3.16. The molecule has 0 heterocycles. The van der Waals surface area contributed by atoms with Gasteiger partial charge in [-0.2, -0.15) is 4.39 Å². The molecular weight excluding hydrogens is 336 g/mol. The third kappa shape index (κ3) is 2.77. The molecule has 104 valence electrons. The molecule has 0 aliphatic heterocycles. The van der Waals surface area contributed by atoms with Crippen LogP contribution in [0.3, 0.4) is 0 Å². The molecule has 0 unspecified atom stereocenters. The lowest BCUT2D eigenvalue weighted by atomic mass is 10.2. The lowest BCUT2D eigenvalue weighted by molar-refractivity contribution is -0.385. The molecule has 0 bridgehead atoms. The highest BCUT2D eigenvalue weighted by Gasteiger charge is 2.24. The fourth-order valence-corrected chi connectivity index (χ4v) is 1.81. The zero-order valence-electron chi connectivity index (χ0n) is 10.2. The molecule has 2 aromatic rings. The van der Waals surface area contributed by atoms with Gasteiger partial charge in [-0.05, 0) is 36.8 Å². The number of hydrogen-bond acceptors (Lipinski definition) is 3. The Morgan fingerprint density at radius 2 is 1.95 bits per heavy atom. The second-order valence-electron chi connectivity index (χ2n) is 3.98. The molecule has 0 aliphatic carbocycles. The third-order valence-corrected chi connectivity index (χ3v) is 3.46. The van der Waals surface area contributed by atoms with Crippen LogP contribution in [0, 0.1) is 28.7 Å². The maximum absolute atomic E-state index is 13.7. The number of nitro groups is 1. The van der Waals surface area contributed by atoms with Crippen LogP contribution in [0.15, 0.2) is 34.8 Å². The Bertz CT molecular complexity index is 692. The van der Waals surface area contributed by atoms with Gasteiger partial charge in [0, 0.05) is 10.5 Å². The summed E-state index contributed by atoms with van der Waals surface area (Å²) in [7, 11) is 0. The smallest absolute Gasteiger partial charge is 0.314 e. The van der Waals surface area contributed by atoms with Gasteiger partial charge in [0.15, 0.2) is 5.82 Å². The summed E-state index contributed by atoms with van der Waals surface area (Å²) >= 11 is 3.28. The second kappa shape index (κ2) is 5.54. The number of benzene rings is 2. The Morgan fingerprint density at radius 1 is 1.25 bits per heavy atom. The van der Waals surface area contributed by atoms with E-state index in [0.29, 0.717) is 6.07 Å². The molecular formula is C13H8BrF2NO3. The average molecular weight is 344 g/mol. The highest BCUT2D eigenvalue weighted by molar-refractivity contribution is 9.10. The zero-order chi connectivity index (χ0) is 14.9. The third-order valence-electron chi connectivity index (χ3n) is 2.58.